The van der Waals surface area contributed by atoms with Crippen molar-refractivity contribution >= 4 is 58.2 Å². The second-order valence-corrected chi connectivity index (χ2v) is 11.5. The first-order chi connectivity index (χ1) is 20.2. The van der Waals surface area contributed by atoms with Crippen molar-refractivity contribution in [3.05, 3.63) is 123 Å². The number of hydrogen-bond donors (Lipinski definition) is 0. The van der Waals surface area contributed by atoms with E-state index >= 15 is 0 Å². The van der Waals surface area contributed by atoms with E-state index in [2.05, 4.69) is 0 Å². The number of nitrogens with zero attached hydrogens (tertiary/aromatic N) is 2. The van der Waals surface area contributed by atoms with Crippen LogP contribution in [0.15, 0.2) is 81.7 Å². The van der Waals surface area contributed by atoms with E-state index in [0.29, 0.717) is 59.2 Å². The van der Waals surface area contributed by atoms with Crippen LogP contribution in [0.4, 0.5) is 0 Å². The van der Waals surface area contributed by atoms with E-state index in [9.17, 15) is 9.59 Å². The molecule has 0 saturated heterocycles. The number of fused-ring (bicyclic) bond motifs is 1. The molecule has 42 heavy (non-hydrogen) atoms. The van der Waals surface area contributed by atoms with Crippen molar-refractivity contribution in [1.29, 1.82) is 0 Å². The highest BCUT2D eigenvalue weighted by Crippen LogP contribution is 2.38. The van der Waals surface area contributed by atoms with Gasteiger partial charge in [0.1, 0.15) is 6.61 Å². The minimum atomic E-state index is -0.680. The van der Waals surface area contributed by atoms with E-state index in [1.165, 1.54) is 25.6 Å². The monoisotopic (exact) mass is 642 g/mol. The van der Waals surface area contributed by atoms with E-state index < -0.39 is 12.0 Å². The van der Waals surface area contributed by atoms with E-state index in [-0.39, 0.29) is 12.2 Å². The van der Waals surface area contributed by atoms with Crippen molar-refractivity contribution in [2.24, 2.45) is 4.99 Å². The lowest BCUT2D eigenvalue weighted by Gasteiger charge is -2.25. The minimum absolute atomic E-state index is 0.145. The number of benzene rings is 3. The molecule has 216 valence electrons. The first-order valence-electron chi connectivity index (χ1n) is 12.9. The third-order valence-corrected chi connectivity index (χ3v) is 8.55. The molecule has 0 aliphatic carbocycles. The molecule has 0 bridgehead atoms. The lowest BCUT2D eigenvalue weighted by atomic mass is 9.95. The fourth-order valence-electron chi connectivity index (χ4n) is 4.72. The molecule has 0 N–H and O–H groups in total. The summed E-state index contributed by atoms with van der Waals surface area (Å²) in [6, 6.07) is 17.2. The molecular weight excluding hydrogens is 619 g/mol. The molecule has 7 nitrogen and oxygen atoms in total. The highest BCUT2D eigenvalue weighted by molar-refractivity contribution is 7.07. The molecule has 2 heterocycles. The SMILES string of the molecule is CCC1=C(C(=O)OC)[C@@H](c2ccccc2)n2c(s/c(=C\c3cc(Cl)c(OCc4ccc(Cl)cc4Cl)c(OC)c3)c2=O)=N1. The van der Waals surface area contributed by atoms with Gasteiger partial charge in [-0.2, -0.15) is 0 Å². The van der Waals surface area contributed by atoms with Gasteiger partial charge in [0, 0.05) is 15.6 Å². The van der Waals surface area contributed by atoms with E-state index in [1.54, 1.807) is 41.0 Å². The maximum absolute atomic E-state index is 13.9. The fraction of sp³-hybridized carbons (Fsp3) is 0.194. The average molecular weight is 644 g/mol. The van der Waals surface area contributed by atoms with Crippen LogP contribution >= 0.6 is 46.1 Å². The van der Waals surface area contributed by atoms with Gasteiger partial charge in [0.25, 0.3) is 5.56 Å². The summed E-state index contributed by atoms with van der Waals surface area (Å²) in [5.41, 5.74) is 2.76. The number of carbonyl (C=O) groups is 1. The third kappa shape index (κ3) is 5.85. The van der Waals surface area contributed by atoms with Gasteiger partial charge < -0.3 is 14.2 Å². The molecule has 0 amide bonds. The van der Waals surface area contributed by atoms with Crippen LogP contribution in [0.1, 0.15) is 36.1 Å². The fourth-order valence-corrected chi connectivity index (χ4v) is 6.47. The zero-order chi connectivity index (χ0) is 30.0. The number of esters is 1. The van der Waals surface area contributed by atoms with Gasteiger partial charge in [-0.3, -0.25) is 9.36 Å². The van der Waals surface area contributed by atoms with E-state index in [1.807, 2.05) is 37.3 Å². The van der Waals surface area contributed by atoms with Crippen LogP contribution in [-0.2, 0) is 16.1 Å². The Labute approximate surface area is 260 Å². The second-order valence-electron chi connectivity index (χ2n) is 9.26. The number of carbonyl (C=O) groups excluding carboxylic acids is 1. The van der Waals surface area contributed by atoms with Crippen LogP contribution < -0.4 is 24.4 Å². The zero-order valence-corrected chi connectivity index (χ0v) is 25.9. The summed E-state index contributed by atoms with van der Waals surface area (Å²) in [4.78, 5) is 32.0. The molecule has 0 unspecified atom stereocenters. The Bertz CT molecular complexity index is 1880. The Kier molecular flexibility index (Phi) is 9.08. The highest BCUT2D eigenvalue weighted by atomic mass is 35.5. The summed E-state index contributed by atoms with van der Waals surface area (Å²) in [5.74, 6) is 0.198. The standard InChI is InChI=1S/C31H25Cl3N2O5S/c1-4-23-26(30(38)40-3)27(18-8-6-5-7-9-18)36-29(37)25(42-31(36)35-23)14-17-12-22(34)28(24(13-17)39-2)41-16-19-10-11-20(32)15-21(19)33/h5-15,27H,4,16H2,1-3H3/b25-14-/t27-/m1/s1. The number of methoxy groups -OCH3 is 2. The Morgan fingerprint density at radius 1 is 1.05 bits per heavy atom. The Balaban J connectivity index is 1.58. The molecule has 1 aliphatic heterocycles. The second kappa shape index (κ2) is 12.8. The van der Waals surface area contributed by atoms with Crippen LogP contribution in [0, 0.1) is 0 Å². The van der Waals surface area contributed by atoms with Crippen molar-refractivity contribution in [2.45, 2.75) is 26.0 Å². The van der Waals surface area contributed by atoms with E-state index in [0.717, 1.165) is 11.1 Å². The van der Waals surface area contributed by atoms with Gasteiger partial charge in [-0.05, 0) is 47.9 Å². The largest absolute Gasteiger partial charge is 0.493 e. The quantitative estimate of drug-likeness (QED) is 0.209. The number of hydrogen-bond acceptors (Lipinski definition) is 7. The topological polar surface area (TPSA) is 79.1 Å². The van der Waals surface area contributed by atoms with Crippen molar-refractivity contribution in [3.8, 4) is 11.5 Å². The Morgan fingerprint density at radius 3 is 2.48 bits per heavy atom. The van der Waals surface area contributed by atoms with Crippen LogP contribution in [0.2, 0.25) is 15.1 Å². The van der Waals surface area contributed by atoms with Gasteiger partial charge in [-0.1, -0.05) is 89.5 Å². The summed E-state index contributed by atoms with van der Waals surface area (Å²) >= 11 is 20.1. The molecule has 0 radical (unpaired) electrons. The average Bonchev–Trinajstić information content (AvgIpc) is 3.30. The maximum atomic E-state index is 13.9. The number of aromatic nitrogens is 1. The van der Waals surface area contributed by atoms with Crippen LogP contribution in [0.3, 0.4) is 0 Å². The van der Waals surface area contributed by atoms with Crippen LogP contribution in [-0.4, -0.2) is 24.8 Å². The minimum Gasteiger partial charge on any atom is -0.493 e. The molecular formula is C31H25Cl3N2O5S. The van der Waals surface area contributed by atoms with Gasteiger partial charge in [-0.25, -0.2) is 9.79 Å². The van der Waals surface area contributed by atoms with Crippen molar-refractivity contribution in [1.82, 2.24) is 4.57 Å². The summed E-state index contributed by atoms with van der Waals surface area (Å²) in [6.45, 7) is 2.06. The van der Waals surface area contributed by atoms with E-state index in [4.69, 9.17) is 54.0 Å². The molecule has 0 fully saturated rings. The first kappa shape index (κ1) is 29.9. The summed E-state index contributed by atoms with van der Waals surface area (Å²) in [6.07, 6.45) is 2.21. The van der Waals surface area contributed by atoms with Crippen molar-refractivity contribution < 1.29 is 19.0 Å². The first-order valence-corrected chi connectivity index (χ1v) is 14.8. The van der Waals surface area contributed by atoms with Gasteiger partial charge >= 0.3 is 5.97 Å². The molecule has 1 atom stereocenters. The molecule has 11 heteroatoms. The van der Waals surface area contributed by atoms with Crippen molar-refractivity contribution in [3.63, 3.8) is 0 Å². The number of thiazole rings is 1. The molecule has 0 spiro atoms. The summed E-state index contributed by atoms with van der Waals surface area (Å²) in [5, 5.41) is 1.29. The predicted molar refractivity (Wildman–Crippen MR) is 166 cm³/mol. The Hall–Kier alpha value is -3.56. The number of ether oxygens (including phenoxy) is 3. The lowest BCUT2D eigenvalue weighted by molar-refractivity contribution is -0.136. The third-order valence-electron chi connectivity index (χ3n) is 6.70. The molecule has 3 aromatic carbocycles. The van der Waals surface area contributed by atoms with Gasteiger partial charge in [-0.15, -0.1) is 0 Å². The highest BCUT2D eigenvalue weighted by Gasteiger charge is 2.33. The van der Waals surface area contributed by atoms with Crippen LogP contribution in [0.25, 0.3) is 6.08 Å². The molecule has 4 aromatic rings. The smallest absolute Gasteiger partial charge is 0.338 e. The number of rotatable bonds is 8. The molecule has 5 rings (SSSR count). The van der Waals surface area contributed by atoms with Gasteiger partial charge in [0.2, 0.25) is 0 Å². The summed E-state index contributed by atoms with van der Waals surface area (Å²) < 4.78 is 18.6. The predicted octanol–water partition coefficient (Wildman–Crippen LogP) is 6.35. The van der Waals surface area contributed by atoms with Gasteiger partial charge in [0.15, 0.2) is 16.3 Å². The van der Waals surface area contributed by atoms with Gasteiger partial charge in [0.05, 0.1) is 41.1 Å². The van der Waals surface area contributed by atoms with Crippen molar-refractivity contribution in [2.75, 3.05) is 14.2 Å². The molecule has 1 aliphatic rings. The van der Waals surface area contributed by atoms with Crippen LogP contribution in [0.5, 0.6) is 11.5 Å². The Morgan fingerprint density at radius 2 is 1.81 bits per heavy atom. The molecule has 0 saturated carbocycles. The normalized spacial score (nSPS) is 14.8. The lowest BCUT2D eigenvalue weighted by Crippen LogP contribution is -2.40. The number of halogens is 3. The summed E-state index contributed by atoms with van der Waals surface area (Å²) in [7, 11) is 2.83. The number of allylic oxidation sites excluding steroid dienone is 1. The molecule has 1 aromatic heterocycles. The maximum Gasteiger partial charge on any atom is 0.338 e. The zero-order valence-electron chi connectivity index (χ0n) is 22.8.